The maximum Gasteiger partial charge on any atom is 0.231 e. The summed E-state index contributed by atoms with van der Waals surface area (Å²) in [4.78, 5) is 12.7. The van der Waals surface area contributed by atoms with Gasteiger partial charge >= 0.3 is 0 Å². The zero-order valence-corrected chi connectivity index (χ0v) is 13.0. The van der Waals surface area contributed by atoms with Gasteiger partial charge in [-0.2, -0.15) is 0 Å². The highest BCUT2D eigenvalue weighted by Crippen LogP contribution is 2.30. The summed E-state index contributed by atoms with van der Waals surface area (Å²) in [7, 11) is 0. The van der Waals surface area contributed by atoms with E-state index in [1.54, 1.807) is 0 Å². The van der Waals surface area contributed by atoms with Crippen LogP contribution in [0.1, 0.15) is 52.0 Å². The molecule has 1 rings (SSSR count). The Morgan fingerprint density at radius 2 is 1.85 bits per heavy atom. The first kappa shape index (κ1) is 16.7. The number of nitrogens with one attached hydrogen (secondary N) is 1. The second-order valence-electron chi connectivity index (χ2n) is 5.49. The van der Waals surface area contributed by atoms with E-state index in [9.17, 15) is 4.79 Å². The van der Waals surface area contributed by atoms with Crippen LogP contribution >= 0.6 is 0 Å². The van der Waals surface area contributed by atoms with Crippen LogP contribution in [-0.4, -0.2) is 12.5 Å². The summed E-state index contributed by atoms with van der Waals surface area (Å²) in [6.45, 7) is 6.73. The second kappa shape index (κ2) is 8.05. The minimum atomic E-state index is -0.425. The van der Waals surface area contributed by atoms with Crippen LogP contribution in [0.4, 0.5) is 5.69 Å². The van der Waals surface area contributed by atoms with Gasteiger partial charge in [0.05, 0.1) is 5.41 Å². The maximum atomic E-state index is 12.7. The van der Waals surface area contributed by atoms with E-state index in [2.05, 4.69) is 32.2 Å². The number of carbonyl (C=O) groups is 1. The zero-order chi connectivity index (χ0) is 15.0. The number of aryl methyl sites for hydroxylation is 1. The third-order valence-electron chi connectivity index (χ3n) is 3.92. The van der Waals surface area contributed by atoms with Crippen LogP contribution < -0.4 is 11.1 Å². The lowest BCUT2D eigenvalue weighted by atomic mass is 9.78. The van der Waals surface area contributed by atoms with Crippen LogP contribution in [0.3, 0.4) is 0 Å². The number of hydrogen-bond donors (Lipinski definition) is 2. The first-order chi connectivity index (χ1) is 9.61. The number of hydrogen-bond acceptors (Lipinski definition) is 2. The fourth-order valence-electron chi connectivity index (χ4n) is 2.74. The molecule has 0 aliphatic carbocycles. The van der Waals surface area contributed by atoms with Crippen molar-refractivity contribution >= 4 is 11.6 Å². The summed E-state index contributed by atoms with van der Waals surface area (Å²) in [5.74, 6) is 0.0666. The van der Waals surface area contributed by atoms with Crippen molar-refractivity contribution in [2.75, 3.05) is 11.9 Å². The molecule has 0 radical (unpaired) electrons. The Labute approximate surface area is 122 Å². The Kier molecular flexibility index (Phi) is 6.73. The second-order valence-corrected chi connectivity index (χ2v) is 5.49. The van der Waals surface area contributed by atoms with Crippen LogP contribution in [0.2, 0.25) is 0 Å². The minimum absolute atomic E-state index is 0.0666. The van der Waals surface area contributed by atoms with Crippen molar-refractivity contribution in [2.24, 2.45) is 11.1 Å². The smallest absolute Gasteiger partial charge is 0.231 e. The minimum Gasteiger partial charge on any atom is -0.329 e. The van der Waals surface area contributed by atoms with Crippen molar-refractivity contribution < 1.29 is 4.79 Å². The summed E-state index contributed by atoms with van der Waals surface area (Å²) in [6, 6.07) is 8.04. The molecule has 0 spiro atoms. The largest absolute Gasteiger partial charge is 0.329 e. The SMILES string of the molecule is CCCC(CN)(CCC)C(=O)Nc1cccc(CC)c1. The van der Waals surface area contributed by atoms with Crippen molar-refractivity contribution in [1.29, 1.82) is 0 Å². The summed E-state index contributed by atoms with van der Waals surface area (Å²) in [6.07, 6.45) is 4.60. The lowest BCUT2D eigenvalue weighted by molar-refractivity contribution is -0.126. The van der Waals surface area contributed by atoms with Gasteiger partial charge in [-0.3, -0.25) is 4.79 Å². The van der Waals surface area contributed by atoms with E-state index >= 15 is 0 Å². The van der Waals surface area contributed by atoms with E-state index in [1.165, 1.54) is 5.56 Å². The van der Waals surface area contributed by atoms with Crippen molar-refractivity contribution in [3.8, 4) is 0 Å². The van der Waals surface area contributed by atoms with E-state index in [1.807, 2.05) is 18.2 Å². The lowest BCUT2D eigenvalue weighted by Gasteiger charge is -2.30. The number of carbonyl (C=O) groups excluding carboxylic acids is 1. The monoisotopic (exact) mass is 276 g/mol. The predicted molar refractivity (Wildman–Crippen MR) is 85.8 cm³/mol. The van der Waals surface area contributed by atoms with Crippen LogP contribution in [0.25, 0.3) is 0 Å². The molecule has 1 amide bonds. The van der Waals surface area contributed by atoms with E-state index in [-0.39, 0.29) is 5.91 Å². The van der Waals surface area contributed by atoms with Crippen LogP contribution in [0, 0.1) is 5.41 Å². The first-order valence-electron chi connectivity index (χ1n) is 7.72. The molecule has 0 unspecified atom stereocenters. The number of rotatable bonds is 8. The van der Waals surface area contributed by atoms with Crippen molar-refractivity contribution in [1.82, 2.24) is 0 Å². The molecule has 0 bridgehead atoms. The van der Waals surface area contributed by atoms with E-state index in [4.69, 9.17) is 5.73 Å². The highest BCUT2D eigenvalue weighted by molar-refractivity contribution is 5.95. The Morgan fingerprint density at radius 3 is 2.35 bits per heavy atom. The van der Waals surface area contributed by atoms with Gasteiger partial charge in [0.1, 0.15) is 0 Å². The van der Waals surface area contributed by atoms with Gasteiger partial charge in [-0.1, -0.05) is 45.7 Å². The van der Waals surface area contributed by atoms with Crippen molar-refractivity contribution in [3.63, 3.8) is 0 Å². The molecule has 0 fully saturated rings. The van der Waals surface area contributed by atoms with Gasteiger partial charge in [-0.25, -0.2) is 0 Å². The average molecular weight is 276 g/mol. The van der Waals surface area contributed by atoms with Gasteiger partial charge in [0.25, 0.3) is 0 Å². The standard InChI is InChI=1S/C17H28N2O/c1-4-10-17(13-18,11-5-2)16(20)19-15-9-7-8-14(6-3)12-15/h7-9,12H,4-6,10-11,13,18H2,1-3H3,(H,19,20). The quantitative estimate of drug-likeness (QED) is 0.760. The third-order valence-corrected chi connectivity index (χ3v) is 3.92. The third kappa shape index (κ3) is 4.07. The number of benzene rings is 1. The fraction of sp³-hybridized carbons (Fsp3) is 0.588. The Morgan fingerprint density at radius 1 is 1.20 bits per heavy atom. The number of anilines is 1. The van der Waals surface area contributed by atoms with Gasteiger partial charge in [0.15, 0.2) is 0 Å². The number of amides is 1. The van der Waals surface area contributed by atoms with Crippen molar-refractivity contribution in [3.05, 3.63) is 29.8 Å². The molecule has 0 aliphatic rings. The van der Waals surface area contributed by atoms with Crippen molar-refractivity contribution in [2.45, 2.75) is 52.9 Å². The number of nitrogens with two attached hydrogens (primary N) is 1. The van der Waals surface area contributed by atoms with E-state index in [0.717, 1.165) is 37.8 Å². The molecule has 3 N–H and O–H groups in total. The van der Waals surface area contributed by atoms with E-state index in [0.29, 0.717) is 6.54 Å². The normalized spacial score (nSPS) is 11.4. The molecule has 3 nitrogen and oxygen atoms in total. The summed E-state index contributed by atoms with van der Waals surface area (Å²) in [5, 5.41) is 3.06. The summed E-state index contributed by atoms with van der Waals surface area (Å²) in [5.41, 5.74) is 7.61. The van der Waals surface area contributed by atoms with Gasteiger partial charge in [0.2, 0.25) is 5.91 Å². The van der Waals surface area contributed by atoms with Gasteiger partial charge in [-0.05, 0) is 37.0 Å². The van der Waals surface area contributed by atoms with Crippen LogP contribution in [0.15, 0.2) is 24.3 Å². The molecule has 1 aromatic rings. The molecule has 1 aromatic carbocycles. The fourth-order valence-corrected chi connectivity index (χ4v) is 2.74. The zero-order valence-electron chi connectivity index (χ0n) is 13.0. The van der Waals surface area contributed by atoms with Gasteiger partial charge < -0.3 is 11.1 Å². The Balaban J connectivity index is 2.89. The Hall–Kier alpha value is -1.35. The average Bonchev–Trinajstić information content (AvgIpc) is 2.47. The molecular formula is C17H28N2O. The predicted octanol–water partition coefficient (Wildman–Crippen LogP) is 3.73. The summed E-state index contributed by atoms with van der Waals surface area (Å²) < 4.78 is 0. The van der Waals surface area contributed by atoms with Crippen LogP contribution in [-0.2, 0) is 11.2 Å². The molecule has 0 heterocycles. The molecule has 0 aromatic heterocycles. The molecule has 0 atom stereocenters. The molecule has 0 saturated carbocycles. The molecule has 0 aliphatic heterocycles. The molecule has 112 valence electrons. The maximum absolute atomic E-state index is 12.7. The first-order valence-corrected chi connectivity index (χ1v) is 7.72. The highest BCUT2D eigenvalue weighted by atomic mass is 16.2. The molecular weight excluding hydrogens is 248 g/mol. The van der Waals surface area contributed by atoms with E-state index < -0.39 is 5.41 Å². The molecule has 0 saturated heterocycles. The van der Waals surface area contributed by atoms with Gasteiger partial charge in [0, 0.05) is 12.2 Å². The molecule has 20 heavy (non-hydrogen) atoms. The lowest BCUT2D eigenvalue weighted by Crippen LogP contribution is -2.42. The topological polar surface area (TPSA) is 55.1 Å². The molecule has 3 heteroatoms. The van der Waals surface area contributed by atoms with Crippen LogP contribution in [0.5, 0.6) is 0 Å². The summed E-state index contributed by atoms with van der Waals surface area (Å²) >= 11 is 0. The van der Waals surface area contributed by atoms with Gasteiger partial charge in [-0.15, -0.1) is 0 Å². The highest BCUT2D eigenvalue weighted by Gasteiger charge is 2.35. The Bertz CT molecular complexity index is 423.